The quantitative estimate of drug-likeness (QED) is 0.617. The number of nitrogens with zero attached hydrogens (tertiary/aromatic N) is 1. The van der Waals surface area contributed by atoms with Crippen LogP contribution in [-0.4, -0.2) is 27.9 Å². The number of benzene rings is 1. The van der Waals surface area contributed by atoms with E-state index in [4.69, 9.17) is 0 Å². The van der Waals surface area contributed by atoms with Crippen molar-refractivity contribution in [2.45, 2.75) is 44.6 Å². The van der Waals surface area contributed by atoms with Crippen molar-refractivity contribution in [1.82, 2.24) is 5.32 Å². The standard InChI is InChI=1S/C16H20N2O5/c19-14(10-11-5-4-8-13(9-11)18(22)23)17-15(16(20)21)12-6-2-1-3-7-12/h4-5,8-9,12,15H,1-3,6-7,10H2,(H,17,19)(H,20,21)/t15-/m1/s1. The molecule has 1 aliphatic carbocycles. The second-order valence-corrected chi connectivity index (χ2v) is 5.89. The van der Waals surface area contributed by atoms with Gasteiger partial charge in [0.2, 0.25) is 5.91 Å². The minimum Gasteiger partial charge on any atom is -0.480 e. The van der Waals surface area contributed by atoms with E-state index in [1.807, 2.05) is 0 Å². The highest BCUT2D eigenvalue weighted by Crippen LogP contribution is 2.26. The van der Waals surface area contributed by atoms with E-state index in [1.165, 1.54) is 18.2 Å². The highest BCUT2D eigenvalue weighted by Gasteiger charge is 2.30. The normalized spacial score (nSPS) is 16.5. The molecule has 0 spiro atoms. The number of carboxylic acids is 1. The van der Waals surface area contributed by atoms with E-state index in [9.17, 15) is 24.8 Å². The number of rotatable bonds is 6. The van der Waals surface area contributed by atoms with Gasteiger partial charge in [-0.05, 0) is 24.3 Å². The summed E-state index contributed by atoms with van der Waals surface area (Å²) >= 11 is 0. The molecule has 1 atom stereocenters. The number of nitrogens with one attached hydrogen (secondary N) is 1. The third-order valence-corrected chi connectivity index (χ3v) is 4.19. The second-order valence-electron chi connectivity index (χ2n) is 5.89. The maximum absolute atomic E-state index is 12.1. The summed E-state index contributed by atoms with van der Waals surface area (Å²) in [5.74, 6) is -1.50. The summed E-state index contributed by atoms with van der Waals surface area (Å²) in [5, 5.41) is 22.7. The number of hydrogen-bond acceptors (Lipinski definition) is 4. The Balaban J connectivity index is 2.00. The lowest BCUT2D eigenvalue weighted by atomic mass is 9.84. The first-order valence-electron chi connectivity index (χ1n) is 7.73. The molecule has 23 heavy (non-hydrogen) atoms. The lowest BCUT2D eigenvalue weighted by Gasteiger charge is -2.28. The first-order valence-corrected chi connectivity index (χ1v) is 7.73. The first-order chi connectivity index (χ1) is 11.0. The number of amides is 1. The summed E-state index contributed by atoms with van der Waals surface area (Å²) in [6, 6.07) is 4.92. The molecule has 1 saturated carbocycles. The number of carbonyl (C=O) groups excluding carboxylic acids is 1. The average Bonchev–Trinajstić information content (AvgIpc) is 2.53. The third-order valence-electron chi connectivity index (χ3n) is 4.19. The third kappa shape index (κ3) is 4.77. The number of aliphatic carboxylic acids is 1. The van der Waals surface area contributed by atoms with Gasteiger partial charge in [-0.25, -0.2) is 4.79 Å². The molecule has 0 saturated heterocycles. The number of carboxylic acid groups (broad SMARTS) is 1. The van der Waals surface area contributed by atoms with Gasteiger partial charge >= 0.3 is 5.97 Å². The highest BCUT2D eigenvalue weighted by atomic mass is 16.6. The number of carbonyl (C=O) groups is 2. The molecule has 2 rings (SSSR count). The number of nitro benzene ring substituents is 1. The van der Waals surface area contributed by atoms with Crippen LogP contribution in [0.25, 0.3) is 0 Å². The summed E-state index contributed by atoms with van der Waals surface area (Å²) in [7, 11) is 0. The molecule has 124 valence electrons. The Hall–Kier alpha value is -2.44. The van der Waals surface area contributed by atoms with Crippen molar-refractivity contribution in [3.63, 3.8) is 0 Å². The van der Waals surface area contributed by atoms with Crippen molar-refractivity contribution >= 4 is 17.6 Å². The van der Waals surface area contributed by atoms with Crippen LogP contribution in [0, 0.1) is 16.0 Å². The van der Waals surface area contributed by atoms with Crippen LogP contribution in [0.4, 0.5) is 5.69 Å². The molecule has 0 aromatic heterocycles. The van der Waals surface area contributed by atoms with E-state index in [0.29, 0.717) is 5.56 Å². The monoisotopic (exact) mass is 320 g/mol. The summed E-state index contributed by atoms with van der Waals surface area (Å²) in [6.07, 6.45) is 4.59. The maximum Gasteiger partial charge on any atom is 0.326 e. The van der Waals surface area contributed by atoms with Crippen LogP contribution in [0.2, 0.25) is 0 Å². The molecule has 1 aliphatic rings. The van der Waals surface area contributed by atoms with Crippen LogP contribution in [0.1, 0.15) is 37.7 Å². The van der Waals surface area contributed by atoms with Gasteiger partial charge in [-0.1, -0.05) is 31.4 Å². The van der Waals surface area contributed by atoms with Crippen molar-refractivity contribution < 1.29 is 19.6 Å². The fraction of sp³-hybridized carbons (Fsp3) is 0.500. The Kier molecular flexibility index (Phi) is 5.67. The Morgan fingerprint density at radius 2 is 2.00 bits per heavy atom. The van der Waals surface area contributed by atoms with Gasteiger partial charge in [0.25, 0.3) is 5.69 Å². The number of non-ortho nitro benzene ring substituents is 1. The van der Waals surface area contributed by atoms with Gasteiger partial charge in [-0.3, -0.25) is 14.9 Å². The fourth-order valence-corrected chi connectivity index (χ4v) is 3.04. The molecular formula is C16H20N2O5. The topological polar surface area (TPSA) is 110 Å². The average molecular weight is 320 g/mol. The van der Waals surface area contributed by atoms with E-state index in [2.05, 4.69) is 5.32 Å². The molecule has 1 fully saturated rings. The van der Waals surface area contributed by atoms with Gasteiger partial charge in [0, 0.05) is 12.1 Å². The molecule has 7 heteroatoms. The fourth-order valence-electron chi connectivity index (χ4n) is 3.04. The SMILES string of the molecule is O=C(Cc1cccc([N+](=O)[O-])c1)N[C@@H](C(=O)O)C1CCCCC1. The molecule has 0 unspecified atom stereocenters. The molecule has 0 heterocycles. The minimum absolute atomic E-state index is 0.0460. The summed E-state index contributed by atoms with van der Waals surface area (Å²) in [4.78, 5) is 33.7. The molecule has 1 amide bonds. The zero-order chi connectivity index (χ0) is 16.8. The highest BCUT2D eigenvalue weighted by molar-refractivity contribution is 5.85. The lowest BCUT2D eigenvalue weighted by molar-refractivity contribution is -0.384. The van der Waals surface area contributed by atoms with Gasteiger partial charge in [-0.15, -0.1) is 0 Å². The smallest absolute Gasteiger partial charge is 0.326 e. The maximum atomic E-state index is 12.1. The van der Waals surface area contributed by atoms with E-state index in [0.717, 1.165) is 32.1 Å². The van der Waals surface area contributed by atoms with Gasteiger partial charge in [0.1, 0.15) is 6.04 Å². The summed E-state index contributed by atoms with van der Waals surface area (Å²) in [5.41, 5.74) is 0.404. The van der Waals surface area contributed by atoms with Crippen molar-refractivity contribution in [2.24, 2.45) is 5.92 Å². The zero-order valence-corrected chi connectivity index (χ0v) is 12.7. The summed E-state index contributed by atoms with van der Waals surface area (Å²) < 4.78 is 0. The van der Waals surface area contributed by atoms with Crippen LogP contribution >= 0.6 is 0 Å². The van der Waals surface area contributed by atoms with E-state index < -0.39 is 22.8 Å². The Labute approximate surface area is 133 Å². The lowest BCUT2D eigenvalue weighted by Crippen LogP contribution is -2.47. The summed E-state index contributed by atoms with van der Waals surface area (Å²) in [6.45, 7) is 0. The molecular weight excluding hydrogens is 300 g/mol. The van der Waals surface area contributed by atoms with Gasteiger partial charge < -0.3 is 10.4 Å². The second kappa shape index (κ2) is 7.71. The van der Waals surface area contributed by atoms with Crippen LogP contribution in [0.15, 0.2) is 24.3 Å². The van der Waals surface area contributed by atoms with Crippen LogP contribution in [0.5, 0.6) is 0 Å². The largest absolute Gasteiger partial charge is 0.480 e. The van der Waals surface area contributed by atoms with E-state index in [-0.39, 0.29) is 18.0 Å². The molecule has 0 bridgehead atoms. The molecule has 0 aliphatic heterocycles. The van der Waals surface area contributed by atoms with Crippen molar-refractivity contribution in [2.75, 3.05) is 0 Å². The minimum atomic E-state index is -1.02. The number of hydrogen-bond donors (Lipinski definition) is 2. The molecule has 2 N–H and O–H groups in total. The molecule has 7 nitrogen and oxygen atoms in total. The molecule has 1 aromatic carbocycles. The number of nitro groups is 1. The Morgan fingerprint density at radius 1 is 1.30 bits per heavy atom. The molecule has 1 aromatic rings. The van der Waals surface area contributed by atoms with Crippen LogP contribution in [0.3, 0.4) is 0 Å². The zero-order valence-electron chi connectivity index (χ0n) is 12.7. The van der Waals surface area contributed by atoms with Crippen molar-refractivity contribution in [3.05, 3.63) is 39.9 Å². The van der Waals surface area contributed by atoms with Gasteiger partial charge in [-0.2, -0.15) is 0 Å². The van der Waals surface area contributed by atoms with Crippen LogP contribution < -0.4 is 5.32 Å². The van der Waals surface area contributed by atoms with Crippen molar-refractivity contribution in [1.29, 1.82) is 0 Å². The predicted octanol–water partition coefficient (Wildman–Crippen LogP) is 2.29. The van der Waals surface area contributed by atoms with Gasteiger partial charge in [0.15, 0.2) is 0 Å². The van der Waals surface area contributed by atoms with E-state index in [1.54, 1.807) is 6.07 Å². The van der Waals surface area contributed by atoms with Crippen LogP contribution in [-0.2, 0) is 16.0 Å². The first kappa shape index (κ1) is 16.9. The Bertz CT molecular complexity index is 596. The van der Waals surface area contributed by atoms with E-state index >= 15 is 0 Å². The Morgan fingerprint density at radius 3 is 2.61 bits per heavy atom. The predicted molar refractivity (Wildman–Crippen MR) is 82.9 cm³/mol. The van der Waals surface area contributed by atoms with Crippen molar-refractivity contribution in [3.8, 4) is 0 Å². The molecule has 0 radical (unpaired) electrons. The van der Waals surface area contributed by atoms with Gasteiger partial charge in [0.05, 0.1) is 11.3 Å².